The van der Waals surface area contributed by atoms with E-state index in [9.17, 15) is 9.90 Å². The first-order chi connectivity index (χ1) is 9.48. The number of nitrogens with zero attached hydrogens (tertiary/aromatic N) is 2. The minimum Gasteiger partial charge on any atom is -0.508 e. The molecule has 0 spiro atoms. The number of hydrazine groups is 1. The van der Waals surface area contributed by atoms with Gasteiger partial charge >= 0.3 is 0 Å². The number of rotatable bonds is 3. The topological polar surface area (TPSA) is 43.8 Å². The van der Waals surface area contributed by atoms with Crippen molar-refractivity contribution in [3.8, 4) is 5.75 Å². The maximum absolute atomic E-state index is 12.6. The van der Waals surface area contributed by atoms with Gasteiger partial charge in [-0.1, -0.05) is 6.92 Å². The zero-order valence-electron chi connectivity index (χ0n) is 14.3. The molecule has 0 aliphatic rings. The third kappa shape index (κ3) is 4.21. The Morgan fingerprint density at radius 2 is 1.43 bits per heavy atom. The average Bonchev–Trinajstić information content (AvgIpc) is 2.33. The maximum Gasteiger partial charge on any atom is 0.241 e. The van der Waals surface area contributed by atoms with E-state index in [-0.39, 0.29) is 22.7 Å². The van der Waals surface area contributed by atoms with E-state index < -0.39 is 0 Å². The van der Waals surface area contributed by atoms with Gasteiger partial charge in [-0.15, -0.1) is 0 Å². The van der Waals surface area contributed by atoms with Crippen LogP contribution in [0.3, 0.4) is 0 Å². The second-order valence-corrected chi connectivity index (χ2v) is 7.23. The molecule has 118 valence electrons. The van der Waals surface area contributed by atoms with Crippen molar-refractivity contribution in [2.24, 2.45) is 0 Å². The Balaban J connectivity index is 3.41. The molecular weight excluding hydrogens is 264 g/mol. The molecule has 21 heavy (non-hydrogen) atoms. The smallest absolute Gasteiger partial charge is 0.241 e. The van der Waals surface area contributed by atoms with Gasteiger partial charge in [-0.2, -0.15) is 0 Å². The van der Waals surface area contributed by atoms with Gasteiger partial charge in [-0.25, -0.2) is 10.0 Å². The van der Waals surface area contributed by atoms with Crippen molar-refractivity contribution in [2.45, 2.75) is 66.0 Å². The van der Waals surface area contributed by atoms with Crippen LogP contribution in [0.2, 0.25) is 0 Å². The molecule has 0 fully saturated rings. The van der Waals surface area contributed by atoms with Crippen LogP contribution in [0.15, 0.2) is 24.3 Å². The highest BCUT2D eigenvalue weighted by atomic mass is 16.3. The predicted octanol–water partition coefficient (Wildman–Crippen LogP) is 3.95. The van der Waals surface area contributed by atoms with Crippen molar-refractivity contribution < 1.29 is 9.90 Å². The molecule has 0 saturated heterocycles. The standard InChI is InChI=1S/C17H28N2O2/c1-8-15(21)18(13-9-11-14(20)12-10-13)19(16(2,3)4)17(5,6)7/h9-12,20H,8H2,1-7H3. The van der Waals surface area contributed by atoms with E-state index in [2.05, 4.69) is 46.6 Å². The Labute approximate surface area is 128 Å². The molecule has 1 rings (SSSR count). The number of phenolic OH excluding ortho intramolecular Hbond substituents is 1. The van der Waals surface area contributed by atoms with Gasteiger partial charge in [0.25, 0.3) is 0 Å². The molecule has 0 aromatic heterocycles. The number of aromatic hydroxyl groups is 1. The van der Waals surface area contributed by atoms with E-state index in [1.165, 1.54) is 0 Å². The summed E-state index contributed by atoms with van der Waals surface area (Å²) in [6.45, 7) is 14.4. The molecule has 0 radical (unpaired) electrons. The van der Waals surface area contributed by atoms with Gasteiger partial charge in [0.15, 0.2) is 0 Å². The lowest BCUT2D eigenvalue weighted by Gasteiger charge is -2.51. The van der Waals surface area contributed by atoms with E-state index in [4.69, 9.17) is 0 Å². The molecular formula is C17H28N2O2. The Morgan fingerprint density at radius 1 is 1.00 bits per heavy atom. The lowest BCUT2D eigenvalue weighted by atomic mass is 9.98. The second-order valence-electron chi connectivity index (χ2n) is 7.23. The summed E-state index contributed by atoms with van der Waals surface area (Å²) >= 11 is 0. The van der Waals surface area contributed by atoms with Crippen LogP contribution >= 0.6 is 0 Å². The van der Waals surface area contributed by atoms with Gasteiger partial charge in [0.05, 0.1) is 5.69 Å². The molecule has 1 aromatic rings. The summed E-state index contributed by atoms with van der Waals surface area (Å²) < 4.78 is 0. The fourth-order valence-corrected chi connectivity index (χ4v) is 2.72. The Kier molecular flexibility index (Phi) is 5.05. The van der Waals surface area contributed by atoms with Crippen LogP contribution in [-0.4, -0.2) is 27.1 Å². The van der Waals surface area contributed by atoms with Crippen molar-refractivity contribution in [3.63, 3.8) is 0 Å². The van der Waals surface area contributed by atoms with Crippen molar-refractivity contribution >= 4 is 11.6 Å². The number of anilines is 1. The van der Waals surface area contributed by atoms with E-state index in [1.54, 1.807) is 29.3 Å². The summed E-state index contributed by atoms with van der Waals surface area (Å²) in [6.07, 6.45) is 0.420. The normalized spacial score (nSPS) is 12.6. The van der Waals surface area contributed by atoms with Gasteiger partial charge in [0.2, 0.25) is 5.91 Å². The Morgan fingerprint density at radius 3 is 1.76 bits per heavy atom. The van der Waals surface area contributed by atoms with Gasteiger partial charge in [-0.3, -0.25) is 4.79 Å². The van der Waals surface area contributed by atoms with Crippen molar-refractivity contribution in [1.82, 2.24) is 5.01 Å². The number of phenols is 1. The van der Waals surface area contributed by atoms with Crippen LogP contribution in [0.1, 0.15) is 54.9 Å². The lowest BCUT2D eigenvalue weighted by molar-refractivity contribution is -0.125. The monoisotopic (exact) mass is 292 g/mol. The highest BCUT2D eigenvalue weighted by Crippen LogP contribution is 2.32. The fraction of sp³-hybridized carbons (Fsp3) is 0.588. The van der Waals surface area contributed by atoms with E-state index in [0.29, 0.717) is 6.42 Å². The molecule has 1 N–H and O–H groups in total. The Hall–Kier alpha value is -1.55. The maximum atomic E-state index is 12.6. The molecule has 4 nitrogen and oxygen atoms in total. The van der Waals surface area contributed by atoms with Gasteiger partial charge in [0.1, 0.15) is 5.75 Å². The fourth-order valence-electron chi connectivity index (χ4n) is 2.72. The number of carbonyl (C=O) groups excluding carboxylic acids is 1. The van der Waals surface area contributed by atoms with Gasteiger partial charge in [-0.05, 0) is 65.8 Å². The number of hydrogen-bond donors (Lipinski definition) is 1. The molecule has 0 unspecified atom stereocenters. The minimum absolute atomic E-state index is 0.0329. The lowest BCUT2D eigenvalue weighted by Crippen LogP contribution is -2.63. The molecule has 0 atom stereocenters. The van der Waals surface area contributed by atoms with Crippen molar-refractivity contribution in [2.75, 3.05) is 5.01 Å². The number of hydrogen-bond acceptors (Lipinski definition) is 3. The summed E-state index contributed by atoms with van der Waals surface area (Å²) in [4.78, 5) is 12.6. The SMILES string of the molecule is CCC(=O)N(c1ccc(O)cc1)N(C(C)(C)C)C(C)(C)C. The van der Waals surface area contributed by atoms with E-state index in [0.717, 1.165) is 5.69 Å². The summed E-state index contributed by atoms with van der Waals surface area (Å²) in [7, 11) is 0. The molecule has 1 aromatic carbocycles. The molecule has 4 heteroatoms. The average molecular weight is 292 g/mol. The minimum atomic E-state index is -0.221. The highest BCUT2D eigenvalue weighted by Gasteiger charge is 2.38. The first-order valence-corrected chi connectivity index (χ1v) is 7.40. The first kappa shape index (κ1) is 17.5. The van der Waals surface area contributed by atoms with Gasteiger partial charge < -0.3 is 5.11 Å². The van der Waals surface area contributed by atoms with E-state index >= 15 is 0 Å². The quantitative estimate of drug-likeness (QED) is 0.858. The highest BCUT2D eigenvalue weighted by molar-refractivity contribution is 5.92. The third-order valence-corrected chi connectivity index (χ3v) is 3.10. The van der Waals surface area contributed by atoms with Crippen LogP contribution in [-0.2, 0) is 4.79 Å². The number of benzene rings is 1. The van der Waals surface area contributed by atoms with E-state index in [1.807, 2.05) is 6.92 Å². The number of amides is 1. The van der Waals surface area contributed by atoms with Crippen LogP contribution < -0.4 is 5.01 Å². The summed E-state index contributed by atoms with van der Waals surface area (Å²) in [5.41, 5.74) is 0.326. The van der Waals surface area contributed by atoms with Crippen LogP contribution in [0.25, 0.3) is 0 Å². The van der Waals surface area contributed by atoms with Crippen LogP contribution in [0.4, 0.5) is 5.69 Å². The van der Waals surface area contributed by atoms with Gasteiger partial charge in [0, 0.05) is 17.5 Å². The predicted molar refractivity (Wildman–Crippen MR) is 87.2 cm³/mol. The van der Waals surface area contributed by atoms with Crippen LogP contribution in [0.5, 0.6) is 5.75 Å². The first-order valence-electron chi connectivity index (χ1n) is 7.40. The largest absolute Gasteiger partial charge is 0.508 e. The van der Waals surface area contributed by atoms with Crippen LogP contribution in [0, 0.1) is 0 Å². The molecule has 0 heterocycles. The zero-order valence-corrected chi connectivity index (χ0v) is 14.3. The summed E-state index contributed by atoms with van der Waals surface area (Å²) in [5, 5.41) is 13.3. The molecule has 0 bridgehead atoms. The molecule has 0 aliphatic carbocycles. The summed E-state index contributed by atoms with van der Waals surface area (Å²) in [5.74, 6) is 0.228. The third-order valence-electron chi connectivity index (χ3n) is 3.10. The molecule has 1 amide bonds. The summed E-state index contributed by atoms with van der Waals surface area (Å²) in [6, 6.07) is 6.75. The number of carbonyl (C=O) groups is 1. The Bertz CT molecular complexity index is 467. The van der Waals surface area contributed by atoms with Crippen molar-refractivity contribution in [1.29, 1.82) is 0 Å². The van der Waals surface area contributed by atoms with Crippen molar-refractivity contribution in [3.05, 3.63) is 24.3 Å². The molecule has 0 saturated carbocycles. The second kappa shape index (κ2) is 6.06. The zero-order chi connectivity index (χ0) is 16.4. The molecule has 0 aliphatic heterocycles.